The summed E-state index contributed by atoms with van der Waals surface area (Å²) in [6.45, 7) is 1.56. The summed E-state index contributed by atoms with van der Waals surface area (Å²) in [5, 5.41) is 2.79. The number of benzene rings is 1. The van der Waals surface area contributed by atoms with E-state index >= 15 is 0 Å². The number of hydrogen-bond donors (Lipinski definition) is 1. The van der Waals surface area contributed by atoms with Crippen molar-refractivity contribution >= 4 is 18.0 Å². The molecular weight excluding hydrogens is 298 g/mol. The molecule has 124 valence electrons. The Labute approximate surface area is 135 Å². The van der Waals surface area contributed by atoms with Crippen LogP contribution in [0.25, 0.3) is 6.08 Å². The lowest BCUT2D eigenvalue weighted by molar-refractivity contribution is -0.150. The van der Waals surface area contributed by atoms with E-state index in [2.05, 4.69) is 5.32 Å². The van der Waals surface area contributed by atoms with E-state index in [4.69, 9.17) is 14.2 Å². The van der Waals surface area contributed by atoms with Crippen LogP contribution in [0.3, 0.4) is 0 Å². The summed E-state index contributed by atoms with van der Waals surface area (Å²) in [7, 11) is 3.10. The molecule has 6 nitrogen and oxygen atoms in total. The Morgan fingerprint density at radius 1 is 1.22 bits per heavy atom. The van der Waals surface area contributed by atoms with Crippen LogP contribution in [-0.4, -0.2) is 38.2 Å². The smallest absolute Gasteiger partial charge is 0.331 e. The molecule has 1 aliphatic carbocycles. The van der Waals surface area contributed by atoms with E-state index in [1.54, 1.807) is 45.4 Å². The van der Waals surface area contributed by atoms with Gasteiger partial charge in [-0.15, -0.1) is 0 Å². The van der Waals surface area contributed by atoms with Crippen LogP contribution < -0.4 is 14.8 Å². The molecule has 1 fully saturated rings. The molecule has 1 N–H and O–H groups in total. The first-order valence-corrected chi connectivity index (χ1v) is 7.44. The van der Waals surface area contributed by atoms with Crippen LogP contribution in [0.5, 0.6) is 11.5 Å². The molecule has 0 bridgehead atoms. The van der Waals surface area contributed by atoms with E-state index in [-0.39, 0.29) is 11.9 Å². The van der Waals surface area contributed by atoms with Gasteiger partial charge in [-0.2, -0.15) is 0 Å². The van der Waals surface area contributed by atoms with E-state index in [1.807, 2.05) is 0 Å². The molecule has 1 aromatic rings. The lowest BCUT2D eigenvalue weighted by atomic mass is 10.2. The molecule has 0 saturated heterocycles. The highest BCUT2D eigenvalue weighted by atomic mass is 16.5. The maximum atomic E-state index is 11.8. The largest absolute Gasteiger partial charge is 0.493 e. The van der Waals surface area contributed by atoms with Crippen LogP contribution >= 0.6 is 0 Å². The molecule has 0 aromatic heterocycles. The summed E-state index contributed by atoms with van der Waals surface area (Å²) in [6.07, 6.45) is 4.05. The van der Waals surface area contributed by atoms with Crippen molar-refractivity contribution < 1.29 is 23.8 Å². The van der Waals surface area contributed by atoms with Crippen molar-refractivity contribution in [2.75, 3.05) is 14.2 Å². The monoisotopic (exact) mass is 319 g/mol. The molecule has 0 radical (unpaired) electrons. The normalized spacial score (nSPS) is 15.1. The van der Waals surface area contributed by atoms with E-state index in [0.717, 1.165) is 18.4 Å². The molecule has 6 heteroatoms. The Morgan fingerprint density at radius 3 is 2.52 bits per heavy atom. The second kappa shape index (κ2) is 7.67. The van der Waals surface area contributed by atoms with Crippen LogP contribution in [-0.2, 0) is 14.3 Å². The number of esters is 1. The molecule has 1 aromatic carbocycles. The average Bonchev–Trinajstić information content (AvgIpc) is 3.36. The van der Waals surface area contributed by atoms with Gasteiger partial charge in [-0.05, 0) is 43.5 Å². The number of nitrogens with one attached hydrogen (secondary N) is 1. The van der Waals surface area contributed by atoms with Gasteiger partial charge in [0.05, 0.1) is 14.2 Å². The maximum Gasteiger partial charge on any atom is 0.331 e. The number of carbonyl (C=O) groups excluding carboxylic acids is 2. The summed E-state index contributed by atoms with van der Waals surface area (Å²) in [5.41, 5.74) is 0.759. The third-order valence-electron chi connectivity index (χ3n) is 3.41. The summed E-state index contributed by atoms with van der Waals surface area (Å²) in [5.74, 6) is 0.344. The SMILES string of the molecule is COc1ccc(/C=C/C(=O)OC(C)C(=O)NC2CC2)cc1OC. The van der Waals surface area contributed by atoms with Gasteiger partial charge < -0.3 is 19.5 Å². The van der Waals surface area contributed by atoms with Crippen molar-refractivity contribution in [2.24, 2.45) is 0 Å². The van der Waals surface area contributed by atoms with Crippen molar-refractivity contribution in [2.45, 2.75) is 31.9 Å². The fourth-order valence-electron chi connectivity index (χ4n) is 1.93. The molecule has 1 aliphatic rings. The molecule has 2 rings (SSSR count). The Balaban J connectivity index is 1.90. The average molecular weight is 319 g/mol. The topological polar surface area (TPSA) is 73.9 Å². The van der Waals surface area contributed by atoms with Gasteiger partial charge in [0.25, 0.3) is 5.91 Å². The van der Waals surface area contributed by atoms with Gasteiger partial charge in [0.1, 0.15) is 0 Å². The third kappa shape index (κ3) is 5.02. The van der Waals surface area contributed by atoms with Gasteiger partial charge in [0.2, 0.25) is 0 Å². The predicted octanol–water partition coefficient (Wildman–Crippen LogP) is 1.93. The Kier molecular flexibility index (Phi) is 5.62. The lowest BCUT2D eigenvalue weighted by Crippen LogP contribution is -2.36. The number of rotatable bonds is 7. The number of ether oxygens (including phenoxy) is 3. The third-order valence-corrected chi connectivity index (χ3v) is 3.41. The number of methoxy groups -OCH3 is 2. The van der Waals surface area contributed by atoms with Crippen molar-refractivity contribution in [3.8, 4) is 11.5 Å². The summed E-state index contributed by atoms with van der Waals surface area (Å²) < 4.78 is 15.4. The maximum absolute atomic E-state index is 11.8. The Morgan fingerprint density at radius 2 is 1.91 bits per heavy atom. The van der Waals surface area contributed by atoms with Gasteiger partial charge in [-0.1, -0.05) is 6.07 Å². The van der Waals surface area contributed by atoms with Gasteiger partial charge in [0, 0.05) is 12.1 Å². The first-order chi connectivity index (χ1) is 11.0. The minimum Gasteiger partial charge on any atom is -0.493 e. The van der Waals surface area contributed by atoms with Gasteiger partial charge in [0.15, 0.2) is 17.6 Å². The highest BCUT2D eigenvalue weighted by Crippen LogP contribution is 2.27. The van der Waals surface area contributed by atoms with Crippen molar-refractivity contribution in [1.82, 2.24) is 5.32 Å². The van der Waals surface area contributed by atoms with Gasteiger partial charge in [-0.25, -0.2) is 4.79 Å². The standard InChI is InChI=1S/C17H21NO5/c1-11(17(20)18-13-6-7-13)23-16(19)9-5-12-4-8-14(21-2)15(10-12)22-3/h4-5,8-11,13H,6-7H2,1-3H3,(H,18,20)/b9-5+. The van der Waals surface area contributed by atoms with E-state index < -0.39 is 12.1 Å². The van der Waals surface area contributed by atoms with Gasteiger partial charge in [-0.3, -0.25) is 4.79 Å². The first-order valence-electron chi connectivity index (χ1n) is 7.44. The molecule has 1 atom stereocenters. The molecule has 1 unspecified atom stereocenters. The molecule has 0 heterocycles. The van der Waals surface area contributed by atoms with Crippen LogP contribution in [0.2, 0.25) is 0 Å². The Hall–Kier alpha value is -2.50. The van der Waals surface area contributed by atoms with Crippen molar-refractivity contribution in [1.29, 1.82) is 0 Å². The first kappa shape index (κ1) is 16.9. The molecule has 1 amide bonds. The number of amides is 1. The minimum atomic E-state index is -0.807. The van der Waals surface area contributed by atoms with Crippen molar-refractivity contribution in [3.63, 3.8) is 0 Å². The van der Waals surface area contributed by atoms with Crippen LogP contribution in [0.15, 0.2) is 24.3 Å². The lowest BCUT2D eigenvalue weighted by Gasteiger charge is -2.11. The van der Waals surface area contributed by atoms with Gasteiger partial charge >= 0.3 is 5.97 Å². The second-order valence-electron chi connectivity index (χ2n) is 5.31. The zero-order chi connectivity index (χ0) is 16.8. The van der Waals surface area contributed by atoms with Crippen LogP contribution in [0.4, 0.5) is 0 Å². The minimum absolute atomic E-state index is 0.242. The fourth-order valence-corrected chi connectivity index (χ4v) is 1.93. The zero-order valence-electron chi connectivity index (χ0n) is 13.5. The van der Waals surface area contributed by atoms with Crippen LogP contribution in [0, 0.1) is 0 Å². The highest BCUT2D eigenvalue weighted by Gasteiger charge is 2.26. The molecular formula is C17H21NO5. The summed E-state index contributed by atoms with van der Waals surface area (Å²) in [6, 6.07) is 5.52. The summed E-state index contributed by atoms with van der Waals surface area (Å²) >= 11 is 0. The Bertz CT molecular complexity index is 607. The number of hydrogen-bond acceptors (Lipinski definition) is 5. The molecule has 1 saturated carbocycles. The quantitative estimate of drug-likeness (QED) is 0.614. The van der Waals surface area contributed by atoms with E-state index in [1.165, 1.54) is 6.08 Å². The predicted molar refractivity (Wildman–Crippen MR) is 85.3 cm³/mol. The second-order valence-corrected chi connectivity index (χ2v) is 5.31. The number of carbonyl (C=O) groups is 2. The van der Waals surface area contributed by atoms with E-state index in [9.17, 15) is 9.59 Å². The highest BCUT2D eigenvalue weighted by molar-refractivity contribution is 5.90. The summed E-state index contributed by atoms with van der Waals surface area (Å²) in [4.78, 5) is 23.5. The van der Waals surface area contributed by atoms with Crippen LogP contribution in [0.1, 0.15) is 25.3 Å². The molecule has 23 heavy (non-hydrogen) atoms. The van der Waals surface area contributed by atoms with E-state index in [0.29, 0.717) is 11.5 Å². The fraction of sp³-hybridized carbons (Fsp3) is 0.412. The molecule has 0 aliphatic heterocycles. The molecule has 0 spiro atoms. The zero-order valence-corrected chi connectivity index (χ0v) is 13.5. The van der Waals surface area contributed by atoms with Crippen molar-refractivity contribution in [3.05, 3.63) is 29.8 Å².